The van der Waals surface area contributed by atoms with E-state index in [0.717, 1.165) is 5.01 Å². The Morgan fingerprint density at radius 2 is 2.12 bits per heavy atom. The average molecular weight is 218 g/mol. The highest BCUT2D eigenvalue weighted by Crippen LogP contribution is 2.06. The molecule has 2 aromatic rings. The van der Waals surface area contributed by atoms with Crippen LogP contribution in [-0.2, 0) is 7.05 Å². The number of carbonyl (C=O) groups excluding carboxylic acids is 1. The summed E-state index contributed by atoms with van der Waals surface area (Å²) in [4.78, 5) is 19.6. The molecule has 0 unspecified atom stereocenters. The number of hydrogen-bond acceptors (Lipinski definition) is 5. The van der Waals surface area contributed by atoms with E-state index in [1.165, 1.54) is 23.3 Å². The van der Waals surface area contributed by atoms with Gasteiger partial charge in [0.1, 0.15) is 0 Å². The first-order chi connectivity index (χ1) is 7.68. The van der Waals surface area contributed by atoms with Crippen molar-refractivity contribution in [3.05, 3.63) is 36.4 Å². The lowest BCUT2D eigenvalue weighted by Gasteiger charge is -2.12. The van der Waals surface area contributed by atoms with Gasteiger partial charge in [0.25, 0.3) is 5.91 Å². The molecular weight excluding hydrogens is 208 g/mol. The van der Waals surface area contributed by atoms with Crippen LogP contribution in [0.2, 0.25) is 0 Å². The zero-order valence-corrected chi connectivity index (χ0v) is 8.61. The number of anilines is 1. The van der Waals surface area contributed by atoms with E-state index >= 15 is 0 Å². The summed E-state index contributed by atoms with van der Waals surface area (Å²) in [5.74, 6) is 5.35. The third-order valence-corrected chi connectivity index (χ3v) is 1.94. The Labute approximate surface area is 91.5 Å². The number of aryl methyl sites for hydroxylation is 1. The van der Waals surface area contributed by atoms with Gasteiger partial charge in [-0.2, -0.15) is 5.10 Å². The first-order valence-corrected chi connectivity index (χ1v) is 4.53. The zero-order valence-electron chi connectivity index (χ0n) is 8.61. The number of hydrazine groups is 1. The van der Waals surface area contributed by atoms with Crippen molar-refractivity contribution in [1.29, 1.82) is 0 Å². The van der Waals surface area contributed by atoms with Crippen LogP contribution in [-0.4, -0.2) is 25.7 Å². The quantitative estimate of drug-likeness (QED) is 0.425. The fourth-order valence-electron chi connectivity index (χ4n) is 1.18. The van der Waals surface area contributed by atoms with E-state index in [1.54, 1.807) is 19.3 Å². The van der Waals surface area contributed by atoms with Crippen molar-refractivity contribution in [1.82, 2.24) is 19.7 Å². The van der Waals surface area contributed by atoms with E-state index in [9.17, 15) is 4.79 Å². The summed E-state index contributed by atoms with van der Waals surface area (Å²) < 4.78 is 1.52. The van der Waals surface area contributed by atoms with Gasteiger partial charge in [0.05, 0.1) is 11.8 Å². The standard InChI is InChI=1S/C9H10N6O/c1-14-6-7(5-13-14)8(16)15(10)9-11-3-2-4-12-9/h2-6H,10H2,1H3. The minimum atomic E-state index is -0.403. The Morgan fingerprint density at radius 1 is 1.44 bits per heavy atom. The maximum Gasteiger partial charge on any atom is 0.278 e. The molecule has 0 aliphatic rings. The number of hydrogen-bond donors (Lipinski definition) is 1. The number of nitrogens with zero attached hydrogens (tertiary/aromatic N) is 5. The normalized spacial score (nSPS) is 10.1. The average Bonchev–Trinajstić information content (AvgIpc) is 2.75. The maximum atomic E-state index is 11.8. The number of rotatable bonds is 2. The highest BCUT2D eigenvalue weighted by molar-refractivity contribution is 6.03. The number of nitrogens with two attached hydrogens (primary N) is 1. The lowest BCUT2D eigenvalue weighted by Crippen LogP contribution is -2.38. The summed E-state index contributed by atoms with van der Waals surface area (Å²) >= 11 is 0. The second kappa shape index (κ2) is 4.07. The van der Waals surface area contributed by atoms with E-state index in [0.29, 0.717) is 5.56 Å². The molecule has 82 valence electrons. The number of aromatic nitrogens is 4. The molecule has 0 saturated carbocycles. The van der Waals surface area contributed by atoms with Gasteiger partial charge in [0.15, 0.2) is 0 Å². The van der Waals surface area contributed by atoms with Gasteiger partial charge in [-0.3, -0.25) is 9.48 Å². The lowest BCUT2D eigenvalue weighted by atomic mass is 10.3. The monoisotopic (exact) mass is 218 g/mol. The lowest BCUT2D eigenvalue weighted by molar-refractivity contribution is 0.0985. The topological polar surface area (TPSA) is 89.9 Å². The van der Waals surface area contributed by atoms with Crippen molar-refractivity contribution in [3.63, 3.8) is 0 Å². The van der Waals surface area contributed by atoms with Crippen molar-refractivity contribution >= 4 is 11.9 Å². The van der Waals surface area contributed by atoms with E-state index in [4.69, 9.17) is 5.84 Å². The van der Waals surface area contributed by atoms with E-state index in [2.05, 4.69) is 15.1 Å². The molecule has 16 heavy (non-hydrogen) atoms. The minimum Gasteiger partial charge on any atom is -0.275 e. The Morgan fingerprint density at radius 3 is 2.69 bits per heavy atom. The van der Waals surface area contributed by atoms with Crippen LogP contribution in [0.3, 0.4) is 0 Å². The number of amides is 1. The van der Waals surface area contributed by atoms with Crippen LogP contribution in [0.25, 0.3) is 0 Å². The van der Waals surface area contributed by atoms with Crippen molar-refractivity contribution in [2.24, 2.45) is 12.9 Å². The van der Waals surface area contributed by atoms with Crippen LogP contribution in [0.4, 0.5) is 5.95 Å². The van der Waals surface area contributed by atoms with E-state index in [-0.39, 0.29) is 5.95 Å². The molecule has 0 aromatic carbocycles. The fraction of sp³-hybridized carbons (Fsp3) is 0.111. The Kier molecular flexibility index (Phi) is 2.61. The van der Waals surface area contributed by atoms with Gasteiger partial charge in [-0.25, -0.2) is 20.8 Å². The van der Waals surface area contributed by atoms with Crippen molar-refractivity contribution in [3.8, 4) is 0 Å². The molecule has 0 atom stereocenters. The molecule has 2 rings (SSSR count). The Bertz CT molecular complexity index is 494. The molecule has 0 radical (unpaired) electrons. The molecule has 2 aromatic heterocycles. The van der Waals surface area contributed by atoms with E-state index < -0.39 is 5.91 Å². The third kappa shape index (κ3) is 1.89. The Hall–Kier alpha value is -2.28. The minimum absolute atomic E-state index is 0.149. The zero-order chi connectivity index (χ0) is 11.5. The van der Waals surface area contributed by atoms with Gasteiger partial charge in [-0.05, 0) is 6.07 Å². The molecule has 0 aliphatic heterocycles. The van der Waals surface area contributed by atoms with Gasteiger partial charge in [-0.15, -0.1) is 0 Å². The van der Waals surface area contributed by atoms with Gasteiger partial charge < -0.3 is 0 Å². The van der Waals surface area contributed by atoms with E-state index in [1.807, 2.05) is 0 Å². The summed E-state index contributed by atoms with van der Waals surface area (Å²) in [7, 11) is 1.72. The van der Waals surface area contributed by atoms with Crippen molar-refractivity contribution in [2.45, 2.75) is 0 Å². The second-order valence-electron chi connectivity index (χ2n) is 3.13. The maximum absolute atomic E-state index is 11.8. The summed E-state index contributed by atoms with van der Waals surface area (Å²) in [6, 6.07) is 1.64. The first kappa shape index (κ1) is 10.2. The van der Waals surface area contributed by atoms with Crippen LogP contribution < -0.4 is 10.9 Å². The van der Waals surface area contributed by atoms with Crippen LogP contribution >= 0.6 is 0 Å². The number of carbonyl (C=O) groups is 1. The molecule has 0 aliphatic carbocycles. The summed E-state index contributed by atoms with van der Waals surface area (Å²) in [5, 5.41) is 4.77. The predicted octanol–water partition coefficient (Wildman–Crippen LogP) is -0.269. The highest BCUT2D eigenvalue weighted by atomic mass is 16.2. The van der Waals surface area contributed by atoms with Gasteiger partial charge in [0.2, 0.25) is 5.95 Å². The van der Waals surface area contributed by atoms with Crippen LogP contribution in [0.5, 0.6) is 0 Å². The van der Waals surface area contributed by atoms with Crippen LogP contribution in [0.1, 0.15) is 10.4 Å². The smallest absolute Gasteiger partial charge is 0.275 e. The second-order valence-corrected chi connectivity index (χ2v) is 3.13. The van der Waals surface area contributed by atoms with Gasteiger partial charge >= 0.3 is 0 Å². The van der Waals surface area contributed by atoms with Gasteiger partial charge in [-0.1, -0.05) is 0 Å². The molecular formula is C9H10N6O. The van der Waals surface area contributed by atoms with Crippen molar-refractivity contribution < 1.29 is 4.79 Å². The molecule has 7 nitrogen and oxygen atoms in total. The third-order valence-electron chi connectivity index (χ3n) is 1.94. The summed E-state index contributed by atoms with van der Waals surface area (Å²) in [5.41, 5.74) is 0.387. The SMILES string of the molecule is Cn1cc(C(=O)N(N)c2ncccn2)cn1. The highest BCUT2D eigenvalue weighted by Gasteiger charge is 2.17. The summed E-state index contributed by atoms with van der Waals surface area (Å²) in [6.45, 7) is 0. The molecule has 2 heterocycles. The van der Waals surface area contributed by atoms with Crippen LogP contribution in [0, 0.1) is 0 Å². The summed E-state index contributed by atoms with van der Waals surface area (Å²) in [6.07, 6.45) is 6.04. The molecule has 0 spiro atoms. The van der Waals surface area contributed by atoms with Crippen LogP contribution in [0.15, 0.2) is 30.9 Å². The molecule has 7 heteroatoms. The molecule has 0 saturated heterocycles. The molecule has 1 amide bonds. The van der Waals surface area contributed by atoms with Crippen molar-refractivity contribution in [2.75, 3.05) is 5.01 Å². The molecule has 0 bridgehead atoms. The molecule has 0 fully saturated rings. The Balaban J connectivity index is 2.23. The molecule has 2 N–H and O–H groups in total. The van der Waals surface area contributed by atoms with Gasteiger partial charge in [0, 0.05) is 25.6 Å². The largest absolute Gasteiger partial charge is 0.278 e. The first-order valence-electron chi connectivity index (χ1n) is 4.53. The fourth-order valence-corrected chi connectivity index (χ4v) is 1.18. The predicted molar refractivity (Wildman–Crippen MR) is 56.2 cm³/mol.